The first-order valence-corrected chi connectivity index (χ1v) is 4.90. The lowest BCUT2D eigenvalue weighted by Crippen LogP contribution is -3.00. The van der Waals surface area contributed by atoms with Crippen LogP contribution in [0.5, 0.6) is 0 Å². The monoisotopic (exact) mass is 303 g/mol. The molecule has 0 bridgehead atoms. The third-order valence-corrected chi connectivity index (χ3v) is 1.93. The minimum absolute atomic E-state index is 0. The number of aromatic nitrogens is 1. The molecule has 0 aliphatic carbocycles. The van der Waals surface area contributed by atoms with E-state index in [0.29, 0.717) is 12.2 Å². The molecule has 0 aliphatic rings. The van der Waals surface area contributed by atoms with Gasteiger partial charge in [0.15, 0.2) is 12.4 Å². The zero-order valence-corrected chi connectivity index (χ0v) is 11.3. The molecule has 1 aromatic rings. The van der Waals surface area contributed by atoms with Gasteiger partial charge in [-0.3, -0.25) is 0 Å². The van der Waals surface area contributed by atoms with E-state index in [4.69, 9.17) is 4.74 Å². The van der Waals surface area contributed by atoms with Gasteiger partial charge in [-0.2, -0.15) is 4.57 Å². The van der Waals surface area contributed by atoms with Crippen molar-refractivity contribution in [2.24, 2.45) is 0 Å². The van der Waals surface area contributed by atoms with Gasteiger partial charge in [0.05, 0.1) is 19.3 Å². The van der Waals surface area contributed by atoms with E-state index in [9.17, 15) is 9.59 Å². The van der Waals surface area contributed by atoms with Crippen molar-refractivity contribution in [2.45, 2.75) is 13.5 Å². The number of nitrogens with zero attached hydrogens (tertiary/aromatic N) is 1. The molecule has 17 heavy (non-hydrogen) atoms. The van der Waals surface area contributed by atoms with Crippen LogP contribution >= 0.6 is 0 Å². The van der Waals surface area contributed by atoms with E-state index < -0.39 is 5.97 Å². The number of halogens is 1. The van der Waals surface area contributed by atoms with E-state index in [1.807, 2.05) is 0 Å². The number of hydrogen-bond acceptors (Lipinski definition) is 4. The van der Waals surface area contributed by atoms with Gasteiger partial charge in [0.25, 0.3) is 0 Å². The molecule has 0 amide bonds. The second-order valence-corrected chi connectivity index (χ2v) is 3.06. The minimum Gasteiger partial charge on any atom is -1.00 e. The molecule has 1 heterocycles. The fourth-order valence-corrected chi connectivity index (χ4v) is 1.17. The largest absolute Gasteiger partial charge is 1.00 e. The molecule has 1 rings (SSSR count). The fourth-order valence-electron chi connectivity index (χ4n) is 1.17. The van der Waals surface area contributed by atoms with Crippen molar-refractivity contribution in [3.05, 3.63) is 30.1 Å². The summed E-state index contributed by atoms with van der Waals surface area (Å²) in [5.41, 5.74) is 0.447. The average Bonchev–Trinajstić information content (AvgIpc) is 2.29. The Labute approximate surface area is 110 Å². The highest BCUT2D eigenvalue weighted by molar-refractivity contribution is 5.88. The van der Waals surface area contributed by atoms with Gasteiger partial charge >= 0.3 is 11.9 Å². The topological polar surface area (TPSA) is 56.5 Å². The molecule has 0 atom stereocenters. The van der Waals surface area contributed by atoms with Gasteiger partial charge < -0.3 is 26.5 Å². The smallest absolute Gasteiger partial charge is 0.372 e. The fraction of sp³-hybridized carbons (Fsp3) is 0.364. The normalized spacial score (nSPS) is 9.06. The molecule has 0 N–H and O–H groups in total. The maximum absolute atomic E-state index is 11.2. The SMILES string of the molecule is CCOC(=O)C[n+]1ccc(C(=O)OC)cc1.[Br-]. The van der Waals surface area contributed by atoms with E-state index in [2.05, 4.69) is 4.74 Å². The van der Waals surface area contributed by atoms with Crippen LogP contribution in [0.15, 0.2) is 24.5 Å². The molecule has 0 saturated heterocycles. The first-order chi connectivity index (χ1) is 7.67. The Bertz CT molecular complexity index is 378. The van der Waals surface area contributed by atoms with Gasteiger partial charge in [0.2, 0.25) is 6.54 Å². The Balaban J connectivity index is 0.00000256. The van der Waals surface area contributed by atoms with Crippen LogP contribution in [0.2, 0.25) is 0 Å². The minimum atomic E-state index is -0.400. The summed E-state index contributed by atoms with van der Waals surface area (Å²) >= 11 is 0. The maximum atomic E-state index is 11.2. The lowest BCUT2D eigenvalue weighted by Gasteiger charge is -1.99. The molecule has 0 spiro atoms. The molecular weight excluding hydrogens is 290 g/mol. The Morgan fingerprint density at radius 3 is 2.35 bits per heavy atom. The summed E-state index contributed by atoms with van der Waals surface area (Å²) in [6.45, 7) is 2.25. The number of carbonyl (C=O) groups is 2. The van der Waals surface area contributed by atoms with Crippen LogP contribution in [-0.2, 0) is 20.8 Å². The molecule has 1 aromatic heterocycles. The average molecular weight is 304 g/mol. The van der Waals surface area contributed by atoms with Crippen molar-refractivity contribution >= 4 is 11.9 Å². The standard InChI is InChI=1S/C11H14NO4.BrH/c1-3-16-10(13)8-12-6-4-9(5-7-12)11(14)15-2;/h4-7H,3,8H2,1-2H3;1H/q+1;/p-1. The first-order valence-electron chi connectivity index (χ1n) is 4.90. The summed E-state index contributed by atoms with van der Waals surface area (Å²) in [6, 6.07) is 3.18. The highest BCUT2D eigenvalue weighted by Gasteiger charge is 2.11. The molecule has 0 fully saturated rings. The van der Waals surface area contributed by atoms with Gasteiger partial charge in [-0.15, -0.1) is 0 Å². The first kappa shape index (κ1) is 15.6. The van der Waals surface area contributed by atoms with Crippen molar-refractivity contribution in [2.75, 3.05) is 13.7 Å². The van der Waals surface area contributed by atoms with Crippen molar-refractivity contribution in [3.8, 4) is 0 Å². The van der Waals surface area contributed by atoms with Gasteiger partial charge in [-0.25, -0.2) is 9.59 Å². The number of esters is 2. The third-order valence-electron chi connectivity index (χ3n) is 1.93. The Morgan fingerprint density at radius 1 is 1.29 bits per heavy atom. The van der Waals surface area contributed by atoms with E-state index in [0.717, 1.165) is 0 Å². The van der Waals surface area contributed by atoms with Gasteiger partial charge in [0, 0.05) is 12.1 Å². The second kappa shape index (κ2) is 7.78. The summed E-state index contributed by atoms with van der Waals surface area (Å²) in [5, 5.41) is 0. The van der Waals surface area contributed by atoms with Crippen LogP contribution in [-0.4, -0.2) is 25.7 Å². The molecule has 0 saturated carbocycles. The molecule has 0 aliphatic heterocycles. The number of ether oxygens (including phenoxy) is 2. The highest BCUT2D eigenvalue weighted by atomic mass is 79.9. The van der Waals surface area contributed by atoms with E-state index in [-0.39, 0.29) is 29.5 Å². The van der Waals surface area contributed by atoms with Crippen LogP contribution in [0.4, 0.5) is 0 Å². The van der Waals surface area contributed by atoms with E-state index in [1.165, 1.54) is 7.11 Å². The number of carbonyl (C=O) groups excluding carboxylic acids is 2. The maximum Gasteiger partial charge on any atom is 0.372 e. The number of methoxy groups -OCH3 is 1. The summed E-state index contributed by atoms with van der Waals surface area (Å²) < 4.78 is 11.0. The lowest BCUT2D eigenvalue weighted by atomic mass is 10.3. The van der Waals surface area contributed by atoms with Crippen LogP contribution in [0.25, 0.3) is 0 Å². The van der Waals surface area contributed by atoms with E-state index in [1.54, 1.807) is 36.0 Å². The summed E-state index contributed by atoms with van der Waals surface area (Å²) in [4.78, 5) is 22.3. The summed E-state index contributed by atoms with van der Waals surface area (Å²) in [5.74, 6) is -0.707. The second-order valence-electron chi connectivity index (χ2n) is 3.06. The predicted octanol–water partition coefficient (Wildman–Crippen LogP) is -2.67. The quantitative estimate of drug-likeness (QED) is 0.450. The van der Waals surface area contributed by atoms with E-state index >= 15 is 0 Å². The Hall–Kier alpha value is -1.43. The summed E-state index contributed by atoms with van der Waals surface area (Å²) in [7, 11) is 1.32. The Morgan fingerprint density at radius 2 is 1.88 bits per heavy atom. The molecule has 5 nitrogen and oxygen atoms in total. The molecule has 0 unspecified atom stereocenters. The molecular formula is C11H14BrNO4. The number of pyridine rings is 1. The molecule has 0 radical (unpaired) electrons. The van der Waals surface area contributed by atoms with Crippen molar-refractivity contribution in [3.63, 3.8) is 0 Å². The summed E-state index contributed by atoms with van der Waals surface area (Å²) in [6.07, 6.45) is 3.26. The number of rotatable bonds is 4. The predicted molar refractivity (Wildman–Crippen MR) is 54.6 cm³/mol. The molecule has 94 valence electrons. The Kier molecular flexibility index (Phi) is 7.13. The van der Waals surface area contributed by atoms with Crippen molar-refractivity contribution < 1.29 is 40.6 Å². The van der Waals surface area contributed by atoms with Crippen molar-refractivity contribution in [1.82, 2.24) is 0 Å². The van der Waals surface area contributed by atoms with Crippen LogP contribution in [0.1, 0.15) is 17.3 Å². The zero-order chi connectivity index (χ0) is 12.0. The van der Waals surface area contributed by atoms with Crippen molar-refractivity contribution in [1.29, 1.82) is 0 Å². The zero-order valence-electron chi connectivity index (χ0n) is 9.68. The van der Waals surface area contributed by atoms with Crippen LogP contribution in [0.3, 0.4) is 0 Å². The van der Waals surface area contributed by atoms with Crippen LogP contribution < -0.4 is 21.5 Å². The van der Waals surface area contributed by atoms with Gasteiger partial charge in [0.1, 0.15) is 0 Å². The van der Waals surface area contributed by atoms with Gasteiger partial charge in [-0.1, -0.05) is 0 Å². The molecule has 6 heteroatoms. The van der Waals surface area contributed by atoms with Crippen LogP contribution in [0, 0.1) is 0 Å². The highest BCUT2D eigenvalue weighted by Crippen LogP contribution is 1.97. The molecule has 0 aromatic carbocycles. The lowest BCUT2D eigenvalue weighted by molar-refractivity contribution is -0.686. The van der Waals surface area contributed by atoms with Gasteiger partial charge in [-0.05, 0) is 6.92 Å². The third kappa shape index (κ3) is 4.95. The number of hydrogen-bond donors (Lipinski definition) is 0.